The molecule has 1 fully saturated rings. The predicted molar refractivity (Wildman–Crippen MR) is 99.4 cm³/mol. The Bertz CT molecular complexity index is 737. The van der Waals surface area contributed by atoms with Crippen LogP contribution in [-0.4, -0.2) is 43.7 Å². The van der Waals surface area contributed by atoms with Crippen molar-refractivity contribution in [1.29, 1.82) is 0 Å². The molecule has 2 N–H and O–H groups in total. The van der Waals surface area contributed by atoms with E-state index in [-0.39, 0.29) is 30.3 Å². The third-order valence-corrected chi connectivity index (χ3v) is 7.09. The first-order chi connectivity index (χ1) is 12.2. The van der Waals surface area contributed by atoms with E-state index in [4.69, 9.17) is 0 Å². The highest BCUT2D eigenvalue weighted by Gasteiger charge is 2.29. The second kappa shape index (κ2) is 8.92. The van der Waals surface area contributed by atoms with Crippen molar-refractivity contribution >= 4 is 38.4 Å². The smallest absolute Gasteiger partial charge is 0.311 e. The molecular weight excluding hydrogens is 378 g/mol. The van der Waals surface area contributed by atoms with Gasteiger partial charge in [-0.25, -0.2) is 18.1 Å². The number of hydrogen-bond donors (Lipinski definition) is 2. The lowest BCUT2D eigenvalue weighted by Gasteiger charge is -2.28. The van der Waals surface area contributed by atoms with Crippen molar-refractivity contribution in [2.75, 3.05) is 12.4 Å². The van der Waals surface area contributed by atoms with E-state index in [2.05, 4.69) is 19.8 Å². The summed E-state index contributed by atoms with van der Waals surface area (Å²) < 4.78 is 31.2. The van der Waals surface area contributed by atoms with E-state index in [1.165, 1.54) is 18.4 Å². The third-order valence-electron chi connectivity index (χ3n) is 4.38. The van der Waals surface area contributed by atoms with Gasteiger partial charge in [0, 0.05) is 17.3 Å². The van der Waals surface area contributed by atoms with Gasteiger partial charge in [0.2, 0.25) is 15.9 Å². The SMILES string of the molecule is COC(=O)Cc1csc(NC(=O)C2CCC(NS(=O)(=O)C(C)C)CC2)n1. The first kappa shape index (κ1) is 20.8. The fourth-order valence-electron chi connectivity index (χ4n) is 2.71. The van der Waals surface area contributed by atoms with Crippen molar-refractivity contribution in [1.82, 2.24) is 9.71 Å². The first-order valence-electron chi connectivity index (χ1n) is 8.54. The molecular formula is C16H25N3O5S2. The van der Waals surface area contributed by atoms with E-state index in [0.717, 1.165) is 0 Å². The van der Waals surface area contributed by atoms with Gasteiger partial charge in [0.25, 0.3) is 0 Å². The van der Waals surface area contributed by atoms with Crippen LogP contribution in [0.1, 0.15) is 45.2 Å². The molecule has 1 amide bonds. The molecule has 2 rings (SSSR count). The number of methoxy groups -OCH3 is 1. The van der Waals surface area contributed by atoms with Crippen LogP contribution in [0.15, 0.2) is 5.38 Å². The maximum absolute atomic E-state index is 12.4. The molecule has 0 atom stereocenters. The fourth-order valence-corrected chi connectivity index (χ4v) is 4.40. The number of esters is 1. The number of carbonyl (C=O) groups excluding carboxylic acids is 2. The largest absolute Gasteiger partial charge is 0.469 e. The Labute approximate surface area is 157 Å². The molecule has 1 heterocycles. The minimum atomic E-state index is -3.29. The monoisotopic (exact) mass is 403 g/mol. The number of aromatic nitrogens is 1. The summed E-state index contributed by atoms with van der Waals surface area (Å²) in [5, 5.41) is 4.48. The minimum absolute atomic E-state index is 0.0734. The van der Waals surface area contributed by atoms with Crippen LogP contribution in [0.4, 0.5) is 5.13 Å². The number of nitrogens with one attached hydrogen (secondary N) is 2. The maximum atomic E-state index is 12.4. The van der Waals surface area contributed by atoms with Crippen molar-refractivity contribution < 1.29 is 22.7 Å². The summed E-state index contributed by atoms with van der Waals surface area (Å²) in [6.07, 6.45) is 2.59. The average Bonchev–Trinajstić information content (AvgIpc) is 3.01. The molecule has 146 valence electrons. The van der Waals surface area contributed by atoms with E-state index in [1.54, 1.807) is 19.2 Å². The lowest BCUT2D eigenvalue weighted by Crippen LogP contribution is -2.42. The summed E-state index contributed by atoms with van der Waals surface area (Å²) in [4.78, 5) is 27.8. The van der Waals surface area contributed by atoms with Gasteiger partial charge >= 0.3 is 5.97 Å². The number of rotatable bonds is 7. The summed E-state index contributed by atoms with van der Waals surface area (Å²) in [6.45, 7) is 3.29. The first-order valence-corrected chi connectivity index (χ1v) is 11.0. The van der Waals surface area contributed by atoms with Crippen molar-refractivity contribution in [2.45, 2.75) is 57.2 Å². The molecule has 1 aromatic rings. The number of thiazole rings is 1. The highest BCUT2D eigenvalue weighted by atomic mass is 32.2. The van der Waals surface area contributed by atoms with Gasteiger partial charge in [0.1, 0.15) is 0 Å². The number of carbonyl (C=O) groups is 2. The summed E-state index contributed by atoms with van der Waals surface area (Å²) in [5.41, 5.74) is 0.559. The Morgan fingerprint density at radius 3 is 2.54 bits per heavy atom. The average molecular weight is 404 g/mol. The van der Waals surface area contributed by atoms with Gasteiger partial charge in [-0.3, -0.25) is 9.59 Å². The lowest BCUT2D eigenvalue weighted by atomic mass is 9.86. The highest BCUT2D eigenvalue weighted by Crippen LogP contribution is 2.27. The molecule has 0 unspecified atom stereocenters. The van der Waals surface area contributed by atoms with Crippen LogP contribution in [0.3, 0.4) is 0 Å². The van der Waals surface area contributed by atoms with Crippen LogP contribution in [0, 0.1) is 5.92 Å². The molecule has 8 nitrogen and oxygen atoms in total. The molecule has 1 aromatic heterocycles. The Kier molecular flexibility index (Phi) is 7.13. The lowest BCUT2D eigenvalue weighted by molar-refractivity contribution is -0.139. The van der Waals surface area contributed by atoms with Crippen molar-refractivity contribution in [3.05, 3.63) is 11.1 Å². The van der Waals surface area contributed by atoms with Crippen molar-refractivity contribution in [2.24, 2.45) is 5.92 Å². The van der Waals surface area contributed by atoms with Crippen LogP contribution in [0.25, 0.3) is 0 Å². The van der Waals surface area contributed by atoms with Gasteiger partial charge in [0.15, 0.2) is 5.13 Å². The minimum Gasteiger partial charge on any atom is -0.469 e. The van der Waals surface area contributed by atoms with E-state index in [9.17, 15) is 18.0 Å². The zero-order chi connectivity index (χ0) is 19.3. The van der Waals surface area contributed by atoms with Gasteiger partial charge in [-0.2, -0.15) is 0 Å². The van der Waals surface area contributed by atoms with Crippen LogP contribution in [-0.2, 0) is 30.8 Å². The third kappa shape index (κ3) is 5.75. The van der Waals surface area contributed by atoms with Crippen molar-refractivity contribution in [3.8, 4) is 0 Å². The van der Waals surface area contributed by atoms with E-state index in [0.29, 0.717) is 36.5 Å². The molecule has 0 aromatic carbocycles. The van der Waals surface area contributed by atoms with Gasteiger partial charge in [0.05, 0.1) is 24.5 Å². The zero-order valence-corrected chi connectivity index (χ0v) is 16.8. The highest BCUT2D eigenvalue weighted by molar-refractivity contribution is 7.90. The number of anilines is 1. The molecule has 1 saturated carbocycles. The van der Waals surface area contributed by atoms with Gasteiger partial charge in [-0.05, 0) is 39.5 Å². The van der Waals surface area contributed by atoms with Gasteiger partial charge < -0.3 is 10.1 Å². The normalized spacial score (nSPS) is 20.8. The Balaban J connectivity index is 1.82. The molecule has 0 bridgehead atoms. The second-order valence-electron chi connectivity index (χ2n) is 6.65. The molecule has 1 aliphatic rings. The number of ether oxygens (including phenoxy) is 1. The van der Waals surface area contributed by atoms with E-state index in [1.807, 2.05) is 0 Å². The topological polar surface area (TPSA) is 114 Å². The number of sulfonamides is 1. The van der Waals surface area contributed by atoms with Crippen LogP contribution in [0.2, 0.25) is 0 Å². The second-order valence-corrected chi connectivity index (χ2v) is 9.77. The van der Waals surface area contributed by atoms with Crippen LogP contribution in [0.5, 0.6) is 0 Å². The van der Waals surface area contributed by atoms with E-state index >= 15 is 0 Å². The maximum Gasteiger partial charge on any atom is 0.311 e. The summed E-state index contributed by atoms with van der Waals surface area (Å²) in [7, 11) is -1.98. The predicted octanol–water partition coefficient (Wildman–Crippen LogP) is 1.68. The van der Waals surface area contributed by atoms with E-state index < -0.39 is 15.3 Å². The number of hydrogen-bond acceptors (Lipinski definition) is 7. The molecule has 26 heavy (non-hydrogen) atoms. The zero-order valence-electron chi connectivity index (χ0n) is 15.1. The fraction of sp³-hybridized carbons (Fsp3) is 0.688. The summed E-state index contributed by atoms with van der Waals surface area (Å²) in [6, 6.07) is -0.113. The molecule has 0 radical (unpaired) electrons. The van der Waals surface area contributed by atoms with Crippen molar-refractivity contribution in [3.63, 3.8) is 0 Å². The Morgan fingerprint density at radius 1 is 1.31 bits per heavy atom. The standard InChI is InChI=1S/C16H25N3O5S2/c1-10(2)26(22,23)19-12-6-4-11(5-7-12)15(21)18-16-17-13(9-25-16)8-14(20)24-3/h9-12,19H,4-8H2,1-3H3,(H,17,18,21). The summed E-state index contributed by atoms with van der Waals surface area (Å²) in [5.74, 6) is -0.660. The van der Waals surface area contributed by atoms with Crippen LogP contribution < -0.4 is 10.0 Å². The molecule has 0 aliphatic heterocycles. The Morgan fingerprint density at radius 2 is 1.96 bits per heavy atom. The molecule has 1 aliphatic carbocycles. The number of amides is 1. The summed E-state index contributed by atoms with van der Waals surface area (Å²) >= 11 is 1.26. The van der Waals surface area contributed by atoms with Gasteiger partial charge in [-0.1, -0.05) is 0 Å². The quantitative estimate of drug-likeness (QED) is 0.670. The number of nitrogens with zero attached hydrogens (tertiary/aromatic N) is 1. The molecule has 10 heteroatoms. The Hall–Kier alpha value is -1.52. The molecule has 0 saturated heterocycles. The van der Waals surface area contributed by atoms with Gasteiger partial charge in [-0.15, -0.1) is 11.3 Å². The van der Waals surface area contributed by atoms with Crippen LogP contribution >= 0.6 is 11.3 Å². The molecule has 0 spiro atoms.